The Morgan fingerprint density at radius 2 is 2.10 bits per heavy atom. The molecule has 1 aliphatic rings. The summed E-state index contributed by atoms with van der Waals surface area (Å²) in [6, 6.07) is 13.8. The first-order chi connectivity index (χ1) is 15.2. The van der Waals surface area contributed by atoms with Crippen molar-refractivity contribution in [3.8, 4) is 11.4 Å². The van der Waals surface area contributed by atoms with E-state index in [0.29, 0.717) is 29.3 Å². The van der Waals surface area contributed by atoms with Gasteiger partial charge in [-0.2, -0.15) is 4.98 Å². The van der Waals surface area contributed by atoms with Gasteiger partial charge in [0.05, 0.1) is 12.2 Å². The predicted molar refractivity (Wildman–Crippen MR) is 121 cm³/mol. The number of pyridine rings is 1. The topological polar surface area (TPSA) is 91.5 Å². The molecule has 1 fully saturated rings. The highest BCUT2D eigenvalue weighted by Crippen LogP contribution is 2.20. The van der Waals surface area contributed by atoms with Crippen LogP contribution in [0.25, 0.3) is 11.4 Å². The van der Waals surface area contributed by atoms with E-state index in [2.05, 4.69) is 41.7 Å². The van der Waals surface area contributed by atoms with Crippen molar-refractivity contribution in [1.29, 1.82) is 0 Å². The summed E-state index contributed by atoms with van der Waals surface area (Å²) in [7, 11) is 1.76. The number of hydrogen-bond donors (Lipinski definition) is 2. The fourth-order valence-electron chi connectivity index (χ4n) is 3.57. The second-order valence-electron chi connectivity index (χ2n) is 7.46. The second-order valence-corrected chi connectivity index (χ2v) is 7.90. The fraction of sp³-hybridized carbons (Fsp3) is 0.364. The van der Waals surface area contributed by atoms with Crippen molar-refractivity contribution >= 4 is 17.6 Å². The Bertz CT molecular complexity index is 1000. The largest absolute Gasteiger partial charge is 0.354 e. The lowest BCUT2D eigenvalue weighted by atomic mass is 10.1. The molecule has 0 radical (unpaired) electrons. The minimum absolute atomic E-state index is 0.371. The molecule has 3 heterocycles. The van der Waals surface area contributed by atoms with Crippen molar-refractivity contribution in [2.24, 2.45) is 4.99 Å². The molecule has 2 N–H and O–H groups in total. The molecular weight excluding hydrogens is 414 g/mol. The van der Waals surface area contributed by atoms with E-state index in [1.165, 1.54) is 0 Å². The van der Waals surface area contributed by atoms with Gasteiger partial charge < -0.3 is 15.2 Å². The van der Waals surface area contributed by atoms with E-state index in [1.807, 2.05) is 42.6 Å². The zero-order chi connectivity index (χ0) is 21.5. The zero-order valence-corrected chi connectivity index (χ0v) is 18.2. The maximum Gasteiger partial charge on any atom is 0.246 e. The van der Waals surface area contributed by atoms with Crippen LogP contribution in [0.4, 0.5) is 0 Å². The number of benzene rings is 1. The normalized spacial score (nSPS) is 15.7. The number of nitrogens with zero attached hydrogens (tertiary/aromatic N) is 5. The molecule has 9 heteroatoms. The van der Waals surface area contributed by atoms with Crippen LogP contribution in [-0.2, 0) is 13.1 Å². The summed E-state index contributed by atoms with van der Waals surface area (Å²) in [5.74, 6) is 1.73. The Balaban J connectivity index is 1.23. The van der Waals surface area contributed by atoms with Gasteiger partial charge in [-0.05, 0) is 37.1 Å². The van der Waals surface area contributed by atoms with E-state index in [0.717, 1.165) is 49.7 Å². The summed E-state index contributed by atoms with van der Waals surface area (Å²) in [6.07, 6.45) is 3.95. The third-order valence-corrected chi connectivity index (χ3v) is 5.46. The van der Waals surface area contributed by atoms with Gasteiger partial charge in [0.2, 0.25) is 11.7 Å². The van der Waals surface area contributed by atoms with E-state index in [4.69, 9.17) is 16.1 Å². The summed E-state index contributed by atoms with van der Waals surface area (Å²) in [6.45, 7) is 3.34. The maximum atomic E-state index is 6.04. The van der Waals surface area contributed by atoms with Crippen molar-refractivity contribution in [3.63, 3.8) is 0 Å². The molecule has 0 atom stereocenters. The summed E-state index contributed by atoms with van der Waals surface area (Å²) in [5, 5.41) is 11.4. The number of likely N-dealkylation sites (tertiary alicyclic amines) is 1. The molecule has 31 heavy (non-hydrogen) atoms. The average molecular weight is 440 g/mol. The first-order valence-electron chi connectivity index (χ1n) is 10.4. The molecule has 0 amide bonds. The lowest BCUT2D eigenvalue weighted by Gasteiger charge is -2.32. The lowest BCUT2D eigenvalue weighted by molar-refractivity contribution is 0.196. The zero-order valence-electron chi connectivity index (χ0n) is 17.5. The van der Waals surface area contributed by atoms with E-state index in [1.54, 1.807) is 7.05 Å². The molecular formula is C22H26ClN7O. The summed E-state index contributed by atoms with van der Waals surface area (Å²) in [5.41, 5.74) is 1.94. The number of hydrogen-bond acceptors (Lipinski definition) is 6. The Morgan fingerprint density at radius 1 is 1.23 bits per heavy atom. The quantitative estimate of drug-likeness (QED) is 0.450. The second kappa shape index (κ2) is 10.4. The molecule has 1 aliphatic heterocycles. The van der Waals surface area contributed by atoms with Crippen molar-refractivity contribution in [2.45, 2.75) is 32.0 Å². The Morgan fingerprint density at radius 3 is 2.84 bits per heavy atom. The summed E-state index contributed by atoms with van der Waals surface area (Å²) >= 11 is 6.04. The SMILES string of the molecule is CN=C(NCc1nc(-c2cccc(Cl)c2)no1)NC1CCN(Cc2ccccn2)CC1. The van der Waals surface area contributed by atoms with Gasteiger partial charge in [0, 0.05) is 49.5 Å². The van der Waals surface area contributed by atoms with Crippen LogP contribution in [-0.4, -0.2) is 52.2 Å². The Kier molecular flexibility index (Phi) is 7.11. The molecule has 1 saturated heterocycles. The van der Waals surface area contributed by atoms with E-state index >= 15 is 0 Å². The van der Waals surface area contributed by atoms with Crippen LogP contribution in [0.3, 0.4) is 0 Å². The monoisotopic (exact) mass is 439 g/mol. The van der Waals surface area contributed by atoms with E-state index in [9.17, 15) is 0 Å². The molecule has 4 rings (SSSR count). The number of aromatic nitrogens is 3. The van der Waals surface area contributed by atoms with Gasteiger partial charge in [0.15, 0.2) is 5.96 Å². The molecule has 162 valence electrons. The summed E-state index contributed by atoms with van der Waals surface area (Å²) in [4.78, 5) is 15.6. The van der Waals surface area contributed by atoms with Crippen LogP contribution >= 0.6 is 11.6 Å². The smallest absolute Gasteiger partial charge is 0.246 e. The minimum Gasteiger partial charge on any atom is -0.354 e. The number of aliphatic imine (C=N–C) groups is 1. The number of rotatable bonds is 6. The van der Waals surface area contributed by atoms with Gasteiger partial charge in [0.25, 0.3) is 0 Å². The molecule has 8 nitrogen and oxygen atoms in total. The predicted octanol–water partition coefficient (Wildman–Crippen LogP) is 3.11. The Labute approximate surface area is 186 Å². The van der Waals surface area contributed by atoms with Crippen LogP contribution < -0.4 is 10.6 Å². The summed E-state index contributed by atoms with van der Waals surface area (Å²) < 4.78 is 5.35. The molecule has 1 aromatic carbocycles. The van der Waals surface area contributed by atoms with Crippen molar-refractivity contribution < 1.29 is 4.52 Å². The maximum absolute atomic E-state index is 6.04. The number of halogens is 1. The van der Waals surface area contributed by atoms with Crippen LogP contribution in [0.1, 0.15) is 24.4 Å². The average Bonchev–Trinajstić information content (AvgIpc) is 3.28. The molecule has 0 unspecified atom stereocenters. The first kappa shape index (κ1) is 21.3. The third kappa shape index (κ3) is 6.02. The fourth-order valence-corrected chi connectivity index (χ4v) is 3.77. The molecule has 2 aromatic heterocycles. The Hall–Kier alpha value is -2.97. The standard InChI is InChI=1S/C22H26ClN7O/c1-24-22(26-14-20-28-21(29-31-20)16-5-4-6-17(23)13-16)27-18-8-11-30(12-9-18)15-19-7-2-3-10-25-19/h2-7,10,13,18H,8-9,11-12,14-15H2,1H3,(H2,24,26,27). The first-order valence-corrected chi connectivity index (χ1v) is 10.8. The third-order valence-electron chi connectivity index (χ3n) is 5.22. The van der Waals surface area contributed by atoms with Gasteiger partial charge in [-0.3, -0.25) is 14.9 Å². The highest BCUT2D eigenvalue weighted by atomic mass is 35.5. The van der Waals surface area contributed by atoms with Gasteiger partial charge >= 0.3 is 0 Å². The number of guanidine groups is 1. The lowest BCUT2D eigenvalue weighted by Crippen LogP contribution is -2.48. The van der Waals surface area contributed by atoms with Crippen LogP contribution in [0.15, 0.2) is 58.2 Å². The number of piperidine rings is 1. The van der Waals surface area contributed by atoms with E-state index in [-0.39, 0.29) is 0 Å². The molecule has 3 aromatic rings. The van der Waals surface area contributed by atoms with Crippen molar-refractivity contribution in [1.82, 2.24) is 30.7 Å². The minimum atomic E-state index is 0.371. The molecule has 0 spiro atoms. The highest BCUT2D eigenvalue weighted by Gasteiger charge is 2.20. The molecule has 0 aliphatic carbocycles. The van der Waals surface area contributed by atoms with E-state index < -0.39 is 0 Å². The van der Waals surface area contributed by atoms with Gasteiger partial charge in [-0.25, -0.2) is 0 Å². The van der Waals surface area contributed by atoms with Crippen LogP contribution in [0.5, 0.6) is 0 Å². The van der Waals surface area contributed by atoms with Gasteiger partial charge in [-0.15, -0.1) is 0 Å². The van der Waals surface area contributed by atoms with Crippen molar-refractivity contribution in [2.75, 3.05) is 20.1 Å². The number of nitrogens with one attached hydrogen (secondary N) is 2. The molecule has 0 bridgehead atoms. The van der Waals surface area contributed by atoms with Gasteiger partial charge in [-0.1, -0.05) is 35.0 Å². The highest BCUT2D eigenvalue weighted by molar-refractivity contribution is 6.30. The van der Waals surface area contributed by atoms with Gasteiger partial charge in [0.1, 0.15) is 0 Å². The molecule has 0 saturated carbocycles. The van der Waals surface area contributed by atoms with Crippen LogP contribution in [0.2, 0.25) is 5.02 Å². The van der Waals surface area contributed by atoms with Crippen molar-refractivity contribution in [3.05, 3.63) is 65.3 Å². The van der Waals surface area contributed by atoms with Crippen LogP contribution in [0, 0.1) is 0 Å².